The summed E-state index contributed by atoms with van der Waals surface area (Å²) in [5.41, 5.74) is 1.79. The van der Waals surface area contributed by atoms with Crippen LogP contribution in [0.15, 0.2) is 0 Å². The number of aromatic nitrogens is 2. The highest BCUT2D eigenvalue weighted by Gasteiger charge is 2.18. The van der Waals surface area contributed by atoms with Gasteiger partial charge in [0.15, 0.2) is 6.61 Å². The molecule has 1 saturated heterocycles. The number of unbranched alkanes of at least 4 members (excludes halogenated alkanes) is 1. The minimum atomic E-state index is -0.105. The lowest BCUT2D eigenvalue weighted by atomic mass is 10.2. The second-order valence-electron chi connectivity index (χ2n) is 5.73. The SMILES string of the molecule is CCCCNC(=O)COc1nc(N2CCCC2)nc(C)c1C. The molecule has 1 aromatic heterocycles. The average molecular weight is 306 g/mol. The lowest BCUT2D eigenvalue weighted by Crippen LogP contribution is -2.30. The summed E-state index contributed by atoms with van der Waals surface area (Å²) in [6, 6.07) is 0. The van der Waals surface area contributed by atoms with Crippen molar-refractivity contribution in [3.63, 3.8) is 0 Å². The van der Waals surface area contributed by atoms with Crippen LogP contribution >= 0.6 is 0 Å². The maximum absolute atomic E-state index is 11.7. The number of nitrogens with zero attached hydrogens (tertiary/aromatic N) is 3. The van der Waals surface area contributed by atoms with Gasteiger partial charge in [0.2, 0.25) is 11.8 Å². The fourth-order valence-electron chi connectivity index (χ4n) is 2.38. The highest BCUT2D eigenvalue weighted by atomic mass is 16.5. The van der Waals surface area contributed by atoms with Gasteiger partial charge in [0, 0.05) is 30.9 Å². The molecule has 1 amide bonds. The molecule has 0 spiro atoms. The van der Waals surface area contributed by atoms with Crippen LogP contribution in [0, 0.1) is 13.8 Å². The van der Waals surface area contributed by atoms with Crippen LogP contribution in [0.1, 0.15) is 43.9 Å². The van der Waals surface area contributed by atoms with Crippen molar-refractivity contribution in [2.24, 2.45) is 0 Å². The van der Waals surface area contributed by atoms with Gasteiger partial charge in [-0.3, -0.25) is 4.79 Å². The van der Waals surface area contributed by atoms with E-state index in [1.165, 1.54) is 12.8 Å². The summed E-state index contributed by atoms with van der Waals surface area (Å²) in [7, 11) is 0. The van der Waals surface area contributed by atoms with E-state index in [1.54, 1.807) is 0 Å². The summed E-state index contributed by atoms with van der Waals surface area (Å²) in [5.74, 6) is 1.12. The molecule has 6 nitrogen and oxygen atoms in total. The van der Waals surface area contributed by atoms with Gasteiger partial charge in [-0.2, -0.15) is 4.98 Å². The van der Waals surface area contributed by atoms with Gasteiger partial charge in [-0.15, -0.1) is 0 Å². The smallest absolute Gasteiger partial charge is 0.258 e. The Balaban J connectivity index is 1.98. The number of anilines is 1. The molecule has 1 fully saturated rings. The van der Waals surface area contributed by atoms with E-state index >= 15 is 0 Å². The van der Waals surface area contributed by atoms with Crippen LogP contribution < -0.4 is 15.0 Å². The molecule has 1 aromatic rings. The summed E-state index contributed by atoms with van der Waals surface area (Å²) >= 11 is 0. The van der Waals surface area contributed by atoms with Gasteiger partial charge in [-0.25, -0.2) is 4.98 Å². The van der Waals surface area contributed by atoms with Crippen LogP contribution in [0.2, 0.25) is 0 Å². The number of aryl methyl sites for hydroxylation is 1. The number of carbonyl (C=O) groups excluding carboxylic acids is 1. The highest BCUT2D eigenvalue weighted by molar-refractivity contribution is 5.77. The lowest BCUT2D eigenvalue weighted by Gasteiger charge is -2.18. The molecule has 2 heterocycles. The van der Waals surface area contributed by atoms with E-state index in [2.05, 4.69) is 27.1 Å². The largest absolute Gasteiger partial charge is 0.467 e. The van der Waals surface area contributed by atoms with E-state index in [0.717, 1.165) is 37.2 Å². The predicted octanol–water partition coefficient (Wildman–Crippen LogP) is 1.99. The van der Waals surface area contributed by atoms with Gasteiger partial charge in [-0.1, -0.05) is 13.3 Å². The molecule has 1 aliphatic heterocycles. The molecule has 0 saturated carbocycles. The minimum absolute atomic E-state index is 0.000444. The third-order valence-electron chi connectivity index (χ3n) is 3.91. The molecule has 0 radical (unpaired) electrons. The number of amides is 1. The Hall–Kier alpha value is -1.85. The summed E-state index contributed by atoms with van der Waals surface area (Å²) in [6.07, 6.45) is 4.39. The van der Waals surface area contributed by atoms with Crippen LogP contribution in [0.25, 0.3) is 0 Å². The van der Waals surface area contributed by atoms with Crippen molar-refractivity contribution in [3.8, 4) is 5.88 Å². The normalized spacial score (nSPS) is 14.2. The van der Waals surface area contributed by atoms with Gasteiger partial charge in [0.1, 0.15) is 0 Å². The van der Waals surface area contributed by atoms with Crippen LogP contribution in [0.3, 0.4) is 0 Å². The Morgan fingerprint density at radius 3 is 2.68 bits per heavy atom. The number of ether oxygens (including phenoxy) is 1. The van der Waals surface area contributed by atoms with Crippen LogP contribution in [0.5, 0.6) is 5.88 Å². The van der Waals surface area contributed by atoms with Gasteiger partial charge < -0.3 is 15.0 Å². The zero-order valence-corrected chi connectivity index (χ0v) is 13.8. The number of hydrogen-bond donors (Lipinski definition) is 1. The fourth-order valence-corrected chi connectivity index (χ4v) is 2.38. The van der Waals surface area contributed by atoms with E-state index in [0.29, 0.717) is 18.4 Å². The summed E-state index contributed by atoms with van der Waals surface area (Å²) in [4.78, 5) is 22.9. The molecule has 1 N–H and O–H groups in total. The summed E-state index contributed by atoms with van der Waals surface area (Å²) in [6.45, 7) is 8.63. The Labute approximate surface area is 132 Å². The lowest BCUT2D eigenvalue weighted by molar-refractivity contribution is -0.123. The maximum Gasteiger partial charge on any atom is 0.258 e. The van der Waals surface area contributed by atoms with Gasteiger partial charge in [0.25, 0.3) is 5.91 Å². The van der Waals surface area contributed by atoms with Gasteiger partial charge >= 0.3 is 0 Å². The zero-order chi connectivity index (χ0) is 15.9. The molecule has 0 aromatic carbocycles. The minimum Gasteiger partial charge on any atom is -0.467 e. The molecular weight excluding hydrogens is 280 g/mol. The quantitative estimate of drug-likeness (QED) is 0.780. The number of rotatable bonds is 7. The molecule has 22 heavy (non-hydrogen) atoms. The first-order chi connectivity index (χ1) is 10.6. The number of nitrogens with one attached hydrogen (secondary N) is 1. The highest BCUT2D eigenvalue weighted by Crippen LogP contribution is 2.23. The van der Waals surface area contributed by atoms with Crippen molar-refractivity contribution in [1.82, 2.24) is 15.3 Å². The average Bonchev–Trinajstić information content (AvgIpc) is 3.03. The molecule has 1 aliphatic rings. The molecule has 2 rings (SSSR count). The topological polar surface area (TPSA) is 67.3 Å². The van der Waals surface area contributed by atoms with E-state index in [9.17, 15) is 4.79 Å². The second-order valence-corrected chi connectivity index (χ2v) is 5.73. The van der Waals surface area contributed by atoms with Crippen molar-refractivity contribution in [3.05, 3.63) is 11.3 Å². The fraction of sp³-hybridized carbons (Fsp3) is 0.688. The van der Waals surface area contributed by atoms with Crippen molar-refractivity contribution in [2.75, 3.05) is 31.1 Å². The predicted molar refractivity (Wildman–Crippen MR) is 86.4 cm³/mol. The Morgan fingerprint density at radius 1 is 1.27 bits per heavy atom. The maximum atomic E-state index is 11.7. The van der Waals surface area contributed by atoms with E-state index < -0.39 is 0 Å². The number of carbonyl (C=O) groups is 1. The van der Waals surface area contributed by atoms with Crippen molar-refractivity contribution >= 4 is 11.9 Å². The van der Waals surface area contributed by atoms with Crippen molar-refractivity contribution < 1.29 is 9.53 Å². The molecule has 0 unspecified atom stereocenters. The van der Waals surface area contributed by atoms with Gasteiger partial charge in [-0.05, 0) is 33.1 Å². The summed E-state index contributed by atoms with van der Waals surface area (Å²) in [5, 5.41) is 2.84. The van der Waals surface area contributed by atoms with E-state index in [4.69, 9.17) is 4.74 Å². The molecule has 0 atom stereocenters. The number of hydrogen-bond acceptors (Lipinski definition) is 5. The first-order valence-electron chi connectivity index (χ1n) is 8.11. The van der Waals surface area contributed by atoms with Crippen LogP contribution in [-0.4, -0.2) is 42.1 Å². The zero-order valence-electron chi connectivity index (χ0n) is 13.8. The molecule has 6 heteroatoms. The molecule has 122 valence electrons. The third-order valence-corrected chi connectivity index (χ3v) is 3.91. The monoisotopic (exact) mass is 306 g/mol. The molecule has 0 bridgehead atoms. The van der Waals surface area contributed by atoms with Crippen LogP contribution in [-0.2, 0) is 4.79 Å². The van der Waals surface area contributed by atoms with Crippen molar-refractivity contribution in [1.29, 1.82) is 0 Å². The Kier molecular flexibility index (Phi) is 5.98. The molecular formula is C16H26N4O2. The standard InChI is InChI=1S/C16H26N4O2/c1-4-5-8-17-14(21)11-22-15-12(2)13(3)18-16(19-15)20-9-6-7-10-20/h4-11H2,1-3H3,(H,17,21). The first-order valence-corrected chi connectivity index (χ1v) is 8.11. The first kappa shape index (κ1) is 16.5. The second kappa shape index (κ2) is 7.96. The molecule has 0 aliphatic carbocycles. The van der Waals surface area contributed by atoms with Crippen LogP contribution in [0.4, 0.5) is 5.95 Å². The third kappa shape index (κ3) is 4.32. The van der Waals surface area contributed by atoms with Gasteiger partial charge in [0.05, 0.1) is 0 Å². The van der Waals surface area contributed by atoms with E-state index in [-0.39, 0.29) is 12.5 Å². The van der Waals surface area contributed by atoms with E-state index in [1.807, 2.05) is 13.8 Å². The van der Waals surface area contributed by atoms with Crippen molar-refractivity contribution in [2.45, 2.75) is 46.5 Å². The Morgan fingerprint density at radius 2 is 2.00 bits per heavy atom. The Bertz CT molecular complexity index is 513. The summed E-state index contributed by atoms with van der Waals surface area (Å²) < 4.78 is 5.62.